The SMILES string of the molecule is CC(C)c1ccc(CCC(=O)N[C@H](C)c2ccc(C(C)(C)C)cc2)cc1. The monoisotopic (exact) mass is 351 g/mol. The van der Waals surface area contributed by atoms with E-state index < -0.39 is 0 Å². The zero-order chi connectivity index (χ0) is 19.3. The molecule has 0 saturated heterocycles. The van der Waals surface area contributed by atoms with Crippen molar-refractivity contribution in [1.82, 2.24) is 5.32 Å². The summed E-state index contributed by atoms with van der Waals surface area (Å²) in [6.07, 6.45) is 1.30. The highest BCUT2D eigenvalue weighted by Crippen LogP contribution is 2.24. The number of rotatable bonds is 6. The van der Waals surface area contributed by atoms with Gasteiger partial charge < -0.3 is 5.32 Å². The summed E-state index contributed by atoms with van der Waals surface area (Å²) in [5, 5.41) is 3.12. The first-order chi connectivity index (χ1) is 12.2. The van der Waals surface area contributed by atoms with Crippen molar-refractivity contribution < 1.29 is 4.79 Å². The second-order valence-corrected chi connectivity index (χ2v) is 8.56. The molecule has 0 aliphatic heterocycles. The molecule has 26 heavy (non-hydrogen) atoms. The van der Waals surface area contributed by atoms with Crippen LogP contribution in [0.3, 0.4) is 0 Å². The van der Waals surface area contributed by atoms with E-state index in [0.717, 1.165) is 12.0 Å². The van der Waals surface area contributed by atoms with Crippen molar-refractivity contribution in [2.45, 2.75) is 71.8 Å². The second-order valence-electron chi connectivity index (χ2n) is 8.56. The van der Waals surface area contributed by atoms with Gasteiger partial charge in [0.25, 0.3) is 0 Å². The van der Waals surface area contributed by atoms with Crippen LogP contribution < -0.4 is 5.32 Å². The first-order valence-electron chi connectivity index (χ1n) is 9.65. The van der Waals surface area contributed by atoms with Gasteiger partial charge in [0.15, 0.2) is 0 Å². The van der Waals surface area contributed by atoms with Gasteiger partial charge in [-0.15, -0.1) is 0 Å². The van der Waals surface area contributed by atoms with Gasteiger partial charge in [-0.2, -0.15) is 0 Å². The Morgan fingerprint density at radius 3 is 1.92 bits per heavy atom. The first kappa shape index (κ1) is 20.2. The molecule has 1 amide bonds. The Morgan fingerprint density at radius 2 is 1.42 bits per heavy atom. The molecule has 1 atom stereocenters. The highest BCUT2D eigenvalue weighted by atomic mass is 16.1. The van der Waals surface area contributed by atoms with E-state index in [2.05, 4.69) is 88.5 Å². The summed E-state index contributed by atoms with van der Waals surface area (Å²) in [7, 11) is 0. The van der Waals surface area contributed by atoms with Gasteiger partial charge >= 0.3 is 0 Å². The van der Waals surface area contributed by atoms with E-state index in [0.29, 0.717) is 12.3 Å². The lowest BCUT2D eigenvalue weighted by Crippen LogP contribution is -2.26. The smallest absolute Gasteiger partial charge is 0.220 e. The maximum absolute atomic E-state index is 12.3. The molecule has 0 aliphatic carbocycles. The molecule has 0 aliphatic rings. The molecule has 0 heterocycles. The molecule has 0 saturated carbocycles. The van der Waals surface area contributed by atoms with E-state index in [4.69, 9.17) is 0 Å². The molecule has 2 aromatic rings. The number of benzene rings is 2. The Bertz CT molecular complexity index is 705. The van der Waals surface area contributed by atoms with Crippen LogP contribution in [-0.2, 0) is 16.6 Å². The van der Waals surface area contributed by atoms with Crippen LogP contribution in [0.5, 0.6) is 0 Å². The molecule has 2 heteroatoms. The van der Waals surface area contributed by atoms with Crippen LogP contribution in [0.15, 0.2) is 48.5 Å². The maximum atomic E-state index is 12.3. The number of hydrogen-bond acceptors (Lipinski definition) is 1. The quantitative estimate of drug-likeness (QED) is 0.688. The highest BCUT2D eigenvalue weighted by molar-refractivity contribution is 5.76. The van der Waals surface area contributed by atoms with Gasteiger partial charge in [-0.1, -0.05) is 83.1 Å². The highest BCUT2D eigenvalue weighted by Gasteiger charge is 2.15. The molecule has 1 N–H and O–H groups in total. The van der Waals surface area contributed by atoms with Gasteiger partial charge in [0.2, 0.25) is 5.91 Å². The average molecular weight is 352 g/mol. The molecule has 0 unspecified atom stereocenters. The van der Waals surface area contributed by atoms with Crippen molar-refractivity contribution in [2.75, 3.05) is 0 Å². The molecular formula is C24H33NO. The van der Waals surface area contributed by atoms with Crippen LogP contribution in [0, 0.1) is 0 Å². The molecule has 0 bridgehead atoms. The predicted octanol–water partition coefficient (Wildman–Crippen LogP) is 5.92. The third kappa shape index (κ3) is 5.72. The van der Waals surface area contributed by atoms with Crippen LogP contribution in [0.25, 0.3) is 0 Å². The van der Waals surface area contributed by atoms with Crippen LogP contribution in [0.4, 0.5) is 0 Å². The van der Waals surface area contributed by atoms with Crippen molar-refractivity contribution in [2.24, 2.45) is 0 Å². The normalized spacial score (nSPS) is 12.9. The fourth-order valence-electron chi connectivity index (χ4n) is 3.00. The van der Waals surface area contributed by atoms with Gasteiger partial charge in [0, 0.05) is 6.42 Å². The van der Waals surface area contributed by atoms with Crippen molar-refractivity contribution in [3.05, 3.63) is 70.8 Å². The molecule has 2 aromatic carbocycles. The van der Waals surface area contributed by atoms with E-state index in [-0.39, 0.29) is 17.4 Å². The molecule has 0 fully saturated rings. The minimum absolute atomic E-state index is 0.0276. The van der Waals surface area contributed by atoms with Gasteiger partial charge in [-0.05, 0) is 46.9 Å². The zero-order valence-corrected chi connectivity index (χ0v) is 17.1. The standard InChI is InChI=1S/C24H33NO/c1-17(2)20-10-7-19(8-11-20)9-16-23(26)25-18(3)21-12-14-22(15-13-21)24(4,5)6/h7-8,10-15,17-18H,9,16H2,1-6H3,(H,25,26)/t18-/m1/s1. The summed E-state index contributed by atoms with van der Waals surface area (Å²) in [5.41, 5.74) is 5.16. The Kier molecular flexibility index (Phi) is 6.63. The number of carbonyl (C=O) groups is 1. The van der Waals surface area contributed by atoms with Gasteiger partial charge in [0.1, 0.15) is 0 Å². The zero-order valence-electron chi connectivity index (χ0n) is 17.1. The fourth-order valence-corrected chi connectivity index (χ4v) is 3.00. The lowest BCUT2D eigenvalue weighted by atomic mass is 9.86. The second kappa shape index (κ2) is 8.53. The topological polar surface area (TPSA) is 29.1 Å². The lowest BCUT2D eigenvalue weighted by Gasteiger charge is -2.20. The van der Waals surface area contributed by atoms with Crippen molar-refractivity contribution in [3.63, 3.8) is 0 Å². The Hall–Kier alpha value is -2.09. The molecule has 140 valence electrons. The number of hydrogen-bond donors (Lipinski definition) is 1. The Labute approximate surface area is 159 Å². The molecule has 0 radical (unpaired) electrons. The maximum Gasteiger partial charge on any atom is 0.220 e. The number of aryl methyl sites for hydroxylation is 1. The van der Waals surface area contributed by atoms with E-state index in [1.54, 1.807) is 0 Å². The van der Waals surface area contributed by atoms with Crippen LogP contribution in [0.2, 0.25) is 0 Å². The third-order valence-corrected chi connectivity index (χ3v) is 4.94. The summed E-state index contributed by atoms with van der Waals surface area (Å²) in [6.45, 7) is 13.1. The van der Waals surface area contributed by atoms with Gasteiger partial charge in [-0.25, -0.2) is 0 Å². The summed E-state index contributed by atoms with van der Waals surface area (Å²) in [4.78, 5) is 12.3. The van der Waals surface area contributed by atoms with Crippen molar-refractivity contribution in [3.8, 4) is 0 Å². The summed E-state index contributed by atoms with van der Waals surface area (Å²) in [5.74, 6) is 0.642. The van der Waals surface area contributed by atoms with Crippen molar-refractivity contribution >= 4 is 5.91 Å². The predicted molar refractivity (Wildman–Crippen MR) is 111 cm³/mol. The Morgan fingerprint density at radius 1 is 0.885 bits per heavy atom. The fraction of sp³-hybridized carbons (Fsp3) is 0.458. The number of amides is 1. The van der Waals surface area contributed by atoms with E-state index in [9.17, 15) is 4.79 Å². The largest absolute Gasteiger partial charge is 0.350 e. The Balaban J connectivity index is 1.86. The van der Waals surface area contributed by atoms with Gasteiger partial charge in [-0.3, -0.25) is 4.79 Å². The molecular weight excluding hydrogens is 318 g/mol. The van der Waals surface area contributed by atoms with Gasteiger partial charge in [0.05, 0.1) is 6.04 Å². The van der Waals surface area contributed by atoms with E-state index in [1.807, 2.05) is 6.92 Å². The summed E-state index contributed by atoms with van der Waals surface area (Å²) in [6, 6.07) is 17.2. The average Bonchev–Trinajstić information content (AvgIpc) is 2.59. The summed E-state index contributed by atoms with van der Waals surface area (Å²) < 4.78 is 0. The van der Waals surface area contributed by atoms with Crippen LogP contribution >= 0.6 is 0 Å². The van der Waals surface area contributed by atoms with Crippen LogP contribution in [-0.4, -0.2) is 5.91 Å². The van der Waals surface area contributed by atoms with Crippen molar-refractivity contribution in [1.29, 1.82) is 0 Å². The van der Waals surface area contributed by atoms with E-state index >= 15 is 0 Å². The molecule has 0 aromatic heterocycles. The molecule has 0 spiro atoms. The third-order valence-electron chi connectivity index (χ3n) is 4.94. The first-order valence-corrected chi connectivity index (χ1v) is 9.65. The lowest BCUT2D eigenvalue weighted by molar-refractivity contribution is -0.121. The molecule has 2 nitrogen and oxygen atoms in total. The molecule has 2 rings (SSSR count). The van der Waals surface area contributed by atoms with Crippen LogP contribution in [0.1, 0.15) is 82.2 Å². The minimum atomic E-state index is 0.0276. The number of nitrogens with one attached hydrogen (secondary N) is 1. The number of carbonyl (C=O) groups excluding carboxylic acids is 1. The van der Waals surface area contributed by atoms with E-state index in [1.165, 1.54) is 16.7 Å². The minimum Gasteiger partial charge on any atom is -0.350 e. The summed E-state index contributed by atoms with van der Waals surface area (Å²) >= 11 is 0.